The first-order valence-electron chi connectivity index (χ1n) is 11.9. The van der Waals surface area contributed by atoms with Gasteiger partial charge in [0.1, 0.15) is 11.5 Å². The lowest BCUT2D eigenvalue weighted by Crippen LogP contribution is -2.31. The van der Waals surface area contributed by atoms with Crippen LogP contribution >= 0.6 is 23.2 Å². The fourth-order valence-corrected chi connectivity index (χ4v) is 4.56. The Kier molecular flexibility index (Phi) is 8.34. The molecule has 1 saturated heterocycles. The summed E-state index contributed by atoms with van der Waals surface area (Å²) < 4.78 is 5.77. The highest BCUT2D eigenvalue weighted by molar-refractivity contribution is 6.46. The number of likely N-dealkylation sites (tertiary alicyclic amines) is 1. The van der Waals surface area contributed by atoms with Crippen LogP contribution in [0.5, 0.6) is 5.75 Å². The van der Waals surface area contributed by atoms with E-state index in [9.17, 15) is 14.7 Å². The number of rotatable bonds is 9. The standard InChI is InChI=1S/C29H27Cl2NO4/c1-2-3-16-36-22-11-7-10-21(17-22)27(33)25-26(20-12-13-23(30)24(31)18-20)32(29(35)28(25)34)15-14-19-8-5-4-6-9-19/h4-13,17-18,26,33H,2-3,14-16H2,1H3. The predicted molar refractivity (Wildman–Crippen MR) is 142 cm³/mol. The van der Waals surface area contributed by atoms with Crippen LogP contribution in [0.1, 0.15) is 42.5 Å². The van der Waals surface area contributed by atoms with Gasteiger partial charge >= 0.3 is 0 Å². The molecule has 1 fully saturated rings. The van der Waals surface area contributed by atoms with Gasteiger partial charge in [-0.3, -0.25) is 9.59 Å². The molecule has 0 radical (unpaired) electrons. The molecule has 0 aliphatic carbocycles. The monoisotopic (exact) mass is 523 g/mol. The highest BCUT2D eigenvalue weighted by atomic mass is 35.5. The molecule has 0 saturated carbocycles. The van der Waals surface area contributed by atoms with E-state index in [0.29, 0.717) is 39.9 Å². The SMILES string of the molecule is CCCCOc1cccc(C(O)=C2C(=O)C(=O)N(CCc3ccccc3)C2c2ccc(Cl)c(Cl)c2)c1. The Morgan fingerprint density at radius 2 is 1.75 bits per heavy atom. The molecule has 1 unspecified atom stereocenters. The van der Waals surface area contributed by atoms with Crippen LogP contribution < -0.4 is 4.74 Å². The number of aliphatic hydroxyl groups is 1. The Morgan fingerprint density at radius 1 is 0.972 bits per heavy atom. The van der Waals surface area contributed by atoms with E-state index in [-0.39, 0.29) is 17.9 Å². The zero-order chi connectivity index (χ0) is 25.7. The molecular formula is C29H27Cl2NO4. The van der Waals surface area contributed by atoms with E-state index in [0.717, 1.165) is 18.4 Å². The molecular weight excluding hydrogens is 497 g/mol. The van der Waals surface area contributed by atoms with Crippen molar-refractivity contribution < 1.29 is 19.4 Å². The Bertz CT molecular complexity index is 1290. The van der Waals surface area contributed by atoms with Gasteiger partial charge in [-0.1, -0.05) is 85.1 Å². The summed E-state index contributed by atoms with van der Waals surface area (Å²) in [4.78, 5) is 28.0. The Balaban J connectivity index is 1.75. The average molecular weight is 524 g/mol. The number of aliphatic hydroxyl groups excluding tert-OH is 1. The van der Waals surface area contributed by atoms with Crippen molar-refractivity contribution in [2.24, 2.45) is 0 Å². The van der Waals surface area contributed by atoms with E-state index >= 15 is 0 Å². The second-order valence-electron chi connectivity index (χ2n) is 8.63. The van der Waals surface area contributed by atoms with E-state index < -0.39 is 17.7 Å². The largest absolute Gasteiger partial charge is 0.507 e. The van der Waals surface area contributed by atoms with Crippen LogP contribution in [0.4, 0.5) is 0 Å². The van der Waals surface area contributed by atoms with E-state index in [1.165, 1.54) is 4.90 Å². The highest BCUT2D eigenvalue weighted by Crippen LogP contribution is 2.41. The lowest BCUT2D eigenvalue weighted by Gasteiger charge is -2.25. The maximum Gasteiger partial charge on any atom is 0.295 e. The molecule has 3 aromatic carbocycles. The quantitative estimate of drug-likeness (QED) is 0.144. The molecule has 36 heavy (non-hydrogen) atoms. The van der Waals surface area contributed by atoms with Gasteiger partial charge in [0, 0.05) is 12.1 Å². The molecule has 1 aliphatic rings. The summed E-state index contributed by atoms with van der Waals surface area (Å²) in [6.07, 6.45) is 2.45. The molecule has 0 spiro atoms. The maximum absolute atomic E-state index is 13.3. The van der Waals surface area contributed by atoms with Crippen LogP contribution in [-0.4, -0.2) is 34.8 Å². The van der Waals surface area contributed by atoms with Gasteiger partial charge < -0.3 is 14.7 Å². The number of halogens is 2. The molecule has 1 heterocycles. The predicted octanol–water partition coefficient (Wildman–Crippen LogP) is 6.84. The number of benzene rings is 3. The third kappa shape index (κ3) is 5.58. The first kappa shape index (κ1) is 25.8. The smallest absolute Gasteiger partial charge is 0.295 e. The molecule has 186 valence electrons. The minimum atomic E-state index is -0.812. The van der Waals surface area contributed by atoms with E-state index in [1.54, 1.807) is 42.5 Å². The Labute approximate surface area is 220 Å². The number of amides is 1. The number of nitrogens with zero attached hydrogens (tertiary/aromatic N) is 1. The number of ketones is 1. The van der Waals surface area contributed by atoms with Crippen molar-refractivity contribution in [1.29, 1.82) is 0 Å². The number of carbonyl (C=O) groups is 2. The zero-order valence-corrected chi connectivity index (χ0v) is 21.4. The van der Waals surface area contributed by atoms with Crippen LogP contribution in [0.25, 0.3) is 5.76 Å². The van der Waals surface area contributed by atoms with Crippen LogP contribution in [0, 0.1) is 0 Å². The van der Waals surface area contributed by atoms with Gasteiger partial charge in [-0.15, -0.1) is 0 Å². The summed E-state index contributed by atoms with van der Waals surface area (Å²) in [6, 6.07) is 20.8. The second-order valence-corrected chi connectivity index (χ2v) is 9.45. The van der Waals surface area contributed by atoms with Crippen molar-refractivity contribution in [2.45, 2.75) is 32.2 Å². The first-order valence-corrected chi connectivity index (χ1v) is 12.7. The van der Waals surface area contributed by atoms with Crippen molar-refractivity contribution in [3.63, 3.8) is 0 Å². The van der Waals surface area contributed by atoms with Crippen molar-refractivity contribution in [3.8, 4) is 5.75 Å². The third-order valence-electron chi connectivity index (χ3n) is 6.16. The fraction of sp³-hybridized carbons (Fsp3) is 0.241. The molecule has 5 nitrogen and oxygen atoms in total. The van der Waals surface area contributed by atoms with Crippen LogP contribution in [-0.2, 0) is 16.0 Å². The van der Waals surface area contributed by atoms with E-state index in [4.69, 9.17) is 27.9 Å². The minimum Gasteiger partial charge on any atom is -0.507 e. The summed E-state index contributed by atoms with van der Waals surface area (Å²) in [5, 5.41) is 12.0. The van der Waals surface area contributed by atoms with Crippen LogP contribution in [0.3, 0.4) is 0 Å². The van der Waals surface area contributed by atoms with Crippen molar-refractivity contribution in [2.75, 3.05) is 13.2 Å². The topological polar surface area (TPSA) is 66.8 Å². The van der Waals surface area contributed by atoms with Crippen molar-refractivity contribution in [3.05, 3.63) is 105 Å². The minimum absolute atomic E-state index is 0.0113. The van der Waals surface area contributed by atoms with Crippen LogP contribution in [0.2, 0.25) is 10.0 Å². The molecule has 1 atom stereocenters. The molecule has 1 amide bonds. The van der Waals surface area contributed by atoms with Crippen molar-refractivity contribution in [1.82, 2.24) is 4.90 Å². The zero-order valence-electron chi connectivity index (χ0n) is 19.9. The summed E-state index contributed by atoms with van der Waals surface area (Å²) in [6.45, 7) is 2.91. The lowest BCUT2D eigenvalue weighted by molar-refractivity contribution is -0.139. The summed E-state index contributed by atoms with van der Waals surface area (Å²) in [5.74, 6) is -1.09. The van der Waals surface area contributed by atoms with Gasteiger partial charge in [0.2, 0.25) is 0 Å². The van der Waals surface area contributed by atoms with Gasteiger partial charge in [-0.2, -0.15) is 0 Å². The molecule has 7 heteroatoms. The first-order chi connectivity index (χ1) is 17.4. The van der Waals surface area contributed by atoms with Gasteiger partial charge in [-0.25, -0.2) is 0 Å². The normalized spacial score (nSPS) is 17.0. The molecule has 3 aromatic rings. The van der Waals surface area contributed by atoms with Crippen molar-refractivity contribution >= 4 is 40.7 Å². The summed E-state index contributed by atoms with van der Waals surface area (Å²) in [7, 11) is 0. The van der Waals surface area contributed by atoms with Crippen LogP contribution in [0.15, 0.2) is 78.4 Å². The number of Topliss-reactive ketones (excluding diaryl/α,β-unsaturated/α-hetero) is 1. The third-order valence-corrected chi connectivity index (χ3v) is 6.90. The molecule has 4 rings (SSSR count). The molecule has 0 bridgehead atoms. The van der Waals surface area contributed by atoms with E-state index in [2.05, 4.69) is 6.92 Å². The number of ether oxygens (including phenoxy) is 1. The molecule has 1 aliphatic heterocycles. The average Bonchev–Trinajstić information content (AvgIpc) is 3.14. The lowest BCUT2D eigenvalue weighted by atomic mass is 9.95. The maximum atomic E-state index is 13.3. The van der Waals surface area contributed by atoms with Gasteiger partial charge in [0.15, 0.2) is 0 Å². The Hall–Kier alpha value is -3.28. The second kappa shape index (κ2) is 11.6. The van der Waals surface area contributed by atoms with Gasteiger partial charge in [0.25, 0.3) is 11.7 Å². The highest BCUT2D eigenvalue weighted by Gasteiger charge is 2.46. The molecule has 1 N–H and O–H groups in total. The van der Waals surface area contributed by atoms with E-state index in [1.807, 2.05) is 30.3 Å². The number of carbonyl (C=O) groups excluding carboxylic acids is 2. The summed E-state index contributed by atoms with van der Waals surface area (Å²) >= 11 is 12.4. The number of unbranched alkanes of at least 4 members (excludes halogenated alkanes) is 1. The Morgan fingerprint density at radius 3 is 2.47 bits per heavy atom. The number of hydrogen-bond donors (Lipinski definition) is 1. The number of hydrogen-bond acceptors (Lipinski definition) is 4. The summed E-state index contributed by atoms with van der Waals surface area (Å²) in [5.41, 5.74) is 2.03. The van der Waals surface area contributed by atoms with Gasteiger partial charge in [-0.05, 0) is 48.2 Å². The molecule has 0 aromatic heterocycles. The van der Waals surface area contributed by atoms with Gasteiger partial charge in [0.05, 0.1) is 28.3 Å². The fourth-order valence-electron chi connectivity index (χ4n) is 4.26.